The first-order valence-electron chi connectivity index (χ1n) is 8.48. The highest BCUT2D eigenvalue weighted by Gasteiger charge is 2.17. The largest absolute Gasteiger partial charge is 0.481 e. The first kappa shape index (κ1) is 17.5. The number of aryl methyl sites for hydroxylation is 1. The molecule has 3 aromatic rings. The van der Waals surface area contributed by atoms with Crippen LogP contribution in [0.4, 0.5) is 5.69 Å². The summed E-state index contributed by atoms with van der Waals surface area (Å²) in [6, 6.07) is 24.4. The van der Waals surface area contributed by atoms with E-state index in [2.05, 4.69) is 5.32 Å². The average molecular weight is 347 g/mol. The summed E-state index contributed by atoms with van der Waals surface area (Å²) >= 11 is 0. The molecule has 0 radical (unpaired) electrons. The van der Waals surface area contributed by atoms with Crippen LogP contribution in [0.15, 0.2) is 78.9 Å². The fourth-order valence-corrected chi connectivity index (χ4v) is 2.46. The monoisotopic (exact) mass is 347 g/mol. The van der Waals surface area contributed by atoms with Crippen LogP contribution in [-0.2, 0) is 4.79 Å². The van der Waals surface area contributed by atoms with Crippen molar-refractivity contribution in [2.45, 2.75) is 20.0 Å². The Morgan fingerprint density at radius 3 is 2.35 bits per heavy atom. The normalized spacial score (nSPS) is 11.5. The molecule has 0 fully saturated rings. The Morgan fingerprint density at radius 2 is 1.58 bits per heavy atom. The van der Waals surface area contributed by atoms with Gasteiger partial charge in [0.05, 0.1) is 5.69 Å². The predicted octanol–water partition coefficient (Wildman–Crippen LogP) is 5.19. The molecule has 0 unspecified atom stereocenters. The van der Waals surface area contributed by atoms with E-state index in [9.17, 15) is 4.79 Å². The molecule has 1 N–H and O–H groups in total. The van der Waals surface area contributed by atoms with E-state index in [1.807, 2.05) is 79.7 Å². The van der Waals surface area contributed by atoms with Gasteiger partial charge in [0, 0.05) is 0 Å². The highest BCUT2D eigenvalue weighted by molar-refractivity contribution is 5.95. The first-order valence-corrected chi connectivity index (χ1v) is 8.48. The standard InChI is InChI=1S/C22H21NO3/c1-16-9-8-12-19(15-16)25-17(2)22(24)23-20-13-6-7-14-21(20)26-18-10-4-3-5-11-18/h3-15,17H,1-2H3,(H,23,24)/t17-/m0/s1. The van der Waals surface area contributed by atoms with Gasteiger partial charge in [0.1, 0.15) is 11.5 Å². The Morgan fingerprint density at radius 1 is 0.885 bits per heavy atom. The molecule has 26 heavy (non-hydrogen) atoms. The summed E-state index contributed by atoms with van der Waals surface area (Å²) in [6.07, 6.45) is -0.637. The van der Waals surface area contributed by atoms with Crippen molar-refractivity contribution in [1.82, 2.24) is 0 Å². The summed E-state index contributed by atoms with van der Waals surface area (Å²) in [5.74, 6) is 1.71. The number of hydrogen-bond donors (Lipinski definition) is 1. The van der Waals surface area contributed by atoms with Gasteiger partial charge in [0.25, 0.3) is 5.91 Å². The first-order chi connectivity index (χ1) is 12.6. The third-order valence-corrected chi connectivity index (χ3v) is 3.79. The number of hydrogen-bond acceptors (Lipinski definition) is 3. The number of nitrogens with one attached hydrogen (secondary N) is 1. The molecule has 0 aromatic heterocycles. The van der Waals surface area contributed by atoms with Crippen molar-refractivity contribution >= 4 is 11.6 Å². The van der Waals surface area contributed by atoms with Gasteiger partial charge in [0.2, 0.25) is 0 Å². The van der Waals surface area contributed by atoms with E-state index in [1.54, 1.807) is 13.0 Å². The Bertz CT molecular complexity index is 877. The molecule has 4 nitrogen and oxygen atoms in total. The fraction of sp³-hybridized carbons (Fsp3) is 0.136. The number of benzene rings is 3. The molecule has 4 heteroatoms. The summed E-state index contributed by atoms with van der Waals surface area (Å²) in [7, 11) is 0. The molecule has 0 saturated carbocycles. The summed E-state index contributed by atoms with van der Waals surface area (Å²) in [4.78, 5) is 12.5. The summed E-state index contributed by atoms with van der Waals surface area (Å²) in [6.45, 7) is 3.70. The van der Waals surface area contributed by atoms with Crippen molar-refractivity contribution in [2.24, 2.45) is 0 Å². The highest BCUT2D eigenvalue weighted by atomic mass is 16.5. The van der Waals surface area contributed by atoms with Crippen molar-refractivity contribution < 1.29 is 14.3 Å². The van der Waals surface area contributed by atoms with Gasteiger partial charge in [0.15, 0.2) is 11.9 Å². The van der Waals surface area contributed by atoms with Crippen LogP contribution in [0.1, 0.15) is 12.5 Å². The summed E-state index contributed by atoms with van der Waals surface area (Å²) in [5.41, 5.74) is 1.68. The van der Waals surface area contributed by atoms with Crippen LogP contribution in [-0.4, -0.2) is 12.0 Å². The number of ether oxygens (including phenoxy) is 2. The van der Waals surface area contributed by atoms with Crippen LogP contribution in [0.2, 0.25) is 0 Å². The Hall–Kier alpha value is -3.27. The van der Waals surface area contributed by atoms with Gasteiger partial charge >= 0.3 is 0 Å². The van der Waals surface area contributed by atoms with Gasteiger partial charge in [-0.05, 0) is 55.8 Å². The Balaban J connectivity index is 1.69. The van der Waals surface area contributed by atoms with Crippen LogP contribution in [0.5, 0.6) is 17.2 Å². The number of carbonyl (C=O) groups excluding carboxylic acids is 1. The number of anilines is 1. The second kappa shape index (κ2) is 8.21. The SMILES string of the molecule is Cc1cccc(O[C@@H](C)C(=O)Nc2ccccc2Oc2ccccc2)c1. The maximum absolute atomic E-state index is 12.5. The number of amides is 1. The molecule has 0 spiro atoms. The van der Waals surface area contributed by atoms with E-state index in [0.29, 0.717) is 22.9 Å². The maximum atomic E-state index is 12.5. The van der Waals surface area contributed by atoms with Crippen LogP contribution >= 0.6 is 0 Å². The third kappa shape index (κ3) is 4.63. The van der Waals surface area contributed by atoms with Crippen molar-refractivity contribution in [3.63, 3.8) is 0 Å². The minimum absolute atomic E-state index is 0.240. The molecule has 0 heterocycles. The number of rotatable bonds is 6. The van der Waals surface area contributed by atoms with Gasteiger partial charge < -0.3 is 14.8 Å². The number of carbonyl (C=O) groups is 1. The molecular weight excluding hydrogens is 326 g/mol. The lowest BCUT2D eigenvalue weighted by Crippen LogP contribution is -2.30. The molecule has 0 bridgehead atoms. The molecule has 3 aromatic carbocycles. The van der Waals surface area contributed by atoms with Gasteiger partial charge in [-0.2, -0.15) is 0 Å². The second-order valence-corrected chi connectivity index (χ2v) is 5.98. The van der Waals surface area contributed by atoms with Gasteiger partial charge in [-0.1, -0.05) is 42.5 Å². The molecule has 132 valence electrons. The molecule has 0 aliphatic carbocycles. The van der Waals surface area contributed by atoms with Crippen LogP contribution in [0.3, 0.4) is 0 Å². The van der Waals surface area contributed by atoms with Crippen molar-refractivity contribution in [3.8, 4) is 17.2 Å². The predicted molar refractivity (Wildman–Crippen MR) is 103 cm³/mol. The molecule has 0 saturated heterocycles. The van der Waals surface area contributed by atoms with E-state index in [0.717, 1.165) is 5.56 Å². The number of para-hydroxylation sites is 3. The molecule has 0 aliphatic rings. The lowest BCUT2D eigenvalue weighted by atomic mass is 10.2. The van der Waals surface area contributed by atoms with E-state index in [-0.39, 0.29) is 5.91 Å². The maximum Gasteiger partial charge on any atom is 0.265 e. The summed E-state index contributed by atoms with van der Waals surface area (Å²) in [5, 5.41) is 2.88. The quantitative estimate of drug-likeness (QED) is 0.667. The molecule has 1 amide bonds. The van der Waals surface area contributed by atoms with Gasteiger partial charge in [-0.15, -0.1) is 0 Å². The van der Waals surface area contributed by atoms with Crippen molar-refractivity contribution in [1.29, 1.82) is 0 Å². The van der Waals surface area contributed by atoms with Gasteiger partial charge in [-0.3, -0.25) is 4.79 Å². The van der Waals surface area contributed by atoms with E-state index in [4.69, 9.17) is 9.47 Å². The van der Waals surface area contributed by atoms with E-state index < -0.39 is 6.10 Å². The minimum Gasteiger partial charge on any atom is -0.481 e. The zero-order valence-electron chi connectivity index (χ0n) is 14.8. The van der Waals surface area contributed by atoms with Crippen LogP contribution in [0, 0.1) is 6.92 Å². The smallest absolute Gasteiger partial charge is 0.265 e. The van der Waals surface area contributed by atoms with Crippen LogP contribution in [0.25, 0.3) is 0 Å². The van der Waals surface area contributed by atoms with Crippen LogP contribution < -0.4 is 14.8 Å². The fourth-order valence-electron chi connectivity index (χ4n) is 2.46. The zero-order valence-corrected chi connectivity index (χ0v) is 14.8. The lowest BCUT2D eigenvalue weighted by molar-refractivity contribution is -0.122. The summed E-state index contributed by atoms with van der Waals surface area (Å²) < 4.78 is 11.6. The Kier molecular flexibility index (Phi) is 5.54. The van der Waals surface area contributed by atoms with Gasteiger partial charge in [-0.25, -0.2) is 0 Å². The second-order valence-electron chi connectivity index (χ2n) is 5.98. The van der Waals surface area contributed by atoms with Crippen molar-refractivity contribution in [3.05, 3.63) is 84.4 Å². The topological polar surface area (TPSA) is 47.6 Å². The minimum atomic E-state index is -0.637. The third-order valence-electron chi connectivity index (χ3n) is 3.79. The Labute approximate surface area is 153 Å². The van der Waals surface area contributed by atoms with Crippen molar-refractivity contribution in [2.75, 3.05) is 5.32 Å². The molecule has 3 rings (SSSR count). The van der Waals surface area contributed by atoms with E-state index >= 15 is 0 Å². The highest BCUT2D eigenvalue weighted by Crippen LogP contribution is 2.29. The molecular formula is C22H21NO3. The molecule has 1 atom stereocenters. The van der Waals surface area contributed by atoms with E-state index in [1.165, 1.54) is 0 Å². The lowest BCUT2D eigenvalue weighted by Gasteiger charge is -2.17. The average Bonchev–Trinajstić information content (AvgIpc) is 2.64. The zero-order chi connectivity index (χ0) is 18.4. The molecule has 0 aliphatic heterocycles.